The summed E-state index contributed by atoms with van der Waals surface area (Å²) < 4.78 is 0.856. The molecule has 2 rings (SSSR count). The number of halogens is 1. The first-order chi connectivity index (χ1) is 9.13. The molecule has 0 aliphatic carbocycles. The van der Waals surface area contributed by atoms with Gasteiger partial charge in [-0.1, -0.05) is 49.7 Å². The zero-order chi connectivity index (χ0) is 13.7. The van der Waals surface area contributed by atoms with Crippen LogP contribution in [0, 0.1) is 5.92 Å². The van der Waals surface area contributed by atoms with Crippen molar-refractivity contribution < 1.29 is 0 Å². The van der Waals surface area contributed by atoms with Crippen LogP contribution in [0.15, 0.2) is 36.4 Å². The molecule has 0 spiro atoms. The molecule has 0 radical (unpaired) electrons. The van der Waals surface area contributed by atoms with Gasteiger partial charge >= 0.3 is 0 Å². The van der Waals surface area contributed by atoms with Crippen molar-refractivity contribution >= 4 is 22.9 Å². The minimum Gasteiger partial charge on any atom is -0.308 e. The van der Waals surface area contributed by atoms with Crippen LogP contribution in [-0.4, -0.2) is 0 Å². The molecule has 0 aliphatic heterocycles. The number of rotatable bonds is 6. The maximum Gasteiger partial charge on any atom is 0.0931 e. The van der Waals surface area contributed by atoms with E-state index in [0.717, 1.165) is 23.8 Å². The SMILES string of the molecule is CC(C)Cc1ccc(CNCc2ccc(Cl)s2)cc1. The Bertz CT molecular complexity index is 502. The van der Waals surface area contributed by atoms with Gasteiger partial charge in [0.2, 0.25) is 0 Å². The Morgan fingerprint density at radius 2 is 1.68 bits per heavy atom. The molecule has 19 heavy (non-hydrogen) atoms. The predicted octanol–water partition coefficient (Wildman–Crippen LogP) is 4.89. The third-order valence-corrected chi connectivity index (χ3v) is 4.16. The highest BCUT2D eigenvalue weighted by Gasteiger charge is 2.00. The number of benzene rings is 1. The van der Waals surface area contributed by atoms with Gasteiger partial charge in [-0.25, -0.2) is 0 Å². The standard InChI is InChI=1S/C16H20ClNS/c1-12(2)9-13-3-5-14(6-4-13)10-18-11-15-7-8-16(17)19-15/h3-8,12,18H,9-11H2,1-2H3. The molecular weight excluding hydrogens is 274 g/mol. The van der Waals surface area contributed by atoms with E-state index in [9.17, 15) is 0 Å². The quantitative estimate of drug-likeness (QED) is 0.799. The lowest BCUT2D eigenvalue weighted by molar-refractivity contribution is 0.646. The van der Waals surface area contributed by atoms with Crippen molar-refractivity contribution in [3.63, 3.8) is 0 Å². The highest BCUT2D eigenvalue weighted by molar-refractivity contribution is 7.16. The highest BCUT2D eigenvalue weighted by atomic mass is 35.5. The maximum absolute atomic E-state index is 5.91. The number of thiophene rings is 1. The Balaban J connectivity index is 1.79. The molecule has 1 heterocycles. The van der Waals surface area contributed by atoms with Gasteiger partial charge in [-0.3, -0.25) is 0 Å². The summed E-state index contributed by atoms with van der Waals surface area (Å²) >= 11 is 7.54. The zero-order valence-corrected chi connectivity index (χ0v) is 13.0. The van der Waals surface area contributed by atoms with E-state index >= 15 is 0 Å². The van der Waals surface area contributed by atoms with Crippen LogP contribution >= 0.6 is 22.9 Å². The molecule has 0 saturated carbocycles. The molecule has 0 bridgehead atoms. The number of nitrogens with one attached hydrogen (secondary N) is 1. The van der Waals surface area contributed by atoms with Crippen molar-refractivity contribution in [3.8, 4) is 0 Å². The summed E-state index contributed by atoms with van der Waals surface area (Å²) in [6.07, 6.45) is 1.15. The molecule has 1 aromatic heterocycles. The molecule has 0 fully saturated rings. The topological polar surface area (TPSA) is 12.0 Å². The minimum absolute atomic E-state index is 0.715. The van der Waals surface area contributed by atoms with Crippen molar-refractivity contribution in [1.82, 2.24) is 5.32 Å². The third kappa shape index (κ3) is 4.98. The zero-order valence-electron chi connectivity index (χ0n) is 11.4. The van der Waals surface area contributed by atoms with E-state index in [1.165, 1.54) is 16.0 Å². The third-order valence-electron chi connectivity index (χ3n) is 2.92. The van der Waals surface area contributed by atoms with E-state index in [1.807, 2.05) is 6.07 Å². The lowest BCUT2D eigenvalue weighted by Gasteiger charge is -2.07. The summed E-state index contributed by atoms with van der Waals surface area (Å²) in [6, 6.07) is 12.9. The summed E-state index contributed by atoms with van der Waals surface area (Å²) in [5, 5.41) is 3.44. The van der Waals surface area contributed by atoms with Crippen LogP contribution < -0.4 is 5.32 Å². The van der Waals surface area contributed by atoms with E-state index in [4.69, 9.17) is 11.6 Å². The van der Waals surface area contributed by atoms with Gasteiger partial charge in [-0.2, -0.15) is 0 Å². The largest absolute Gasteiger partial charge is 0.308 e. The summed E-state index contributed by atoms with van der Waals surface area (Å²) in [6.45, 7) is 6.28. The summed E-state index contributed by atoms with van der Waals surface area (Å²) in [5.41, 5.74) is 2.75. The molecular formula is C16H20ClNS. The molecule has 0 saturated heterocycles. The molecule has 0 amide bonds. The molecule has 102 valence electrons. The molecule has 0 aliphatic rings. The summed E-state index contributed by atoms with van der Waals surface area (Å²) in [4.78, 5) is 1.28. The molecule has 0 unspecified atom stereocenters. The van der Waals surface area contributed by atoms with Gasteiger partial charge in [0.15, 0.2) is 0 Å². The molecule has 1 aromatic carbocycles. The van der Waals surface area contributed by atoms with Crippen molar-refractivity contribution in [3.05, 3.63) is 56.7 Å². The van der Waals surface area contributed by atoms with E-state index in [1.54, 1.807) is 11.3 Å². The second-order valence-corrected chi connectivity index (χ2v) is 7.02. The van der Waals surface area contributed by atoms with Gasteiger partial charge in [0.25, 0.3) is 0 Å². The maximum atomic E-state index is 5.91. The molecule has 2 aromatic rings. The van der Waals surface area contributed by atoms with Crippen LogP contribution in [0.1, 0.15) is 29.9 Å². The van der Waals surface area contributed by atoms with Gasteiger partial charge in [0.05, 0.1) is 4.34 Å². The lowest BCUT2D eigenvalue weighted by Crippen LogP contribution is -2.11. The van der Waals surface area contributed by atoms with Crippen molar-refractivity contribution in [2.75, 3.05) is 0 Å². The summed E-state index contributed by atoms with van der Waals surface area (Å²) in [7, 11) is 0. The van der Waals surface area contributed by atoms with Crippen LogP contribution in [0.4, 0.5) is 0 Å². The lowest BCUT2D eigenvalue weighted by atomic mass is 10.0. The summed E-state index contributed by atoms with van der Waals surface area (Å²) in [5.74, 6) is 0.715. The first-order valence-corrected chi connectivity index (χ1v) is 7.85. The van der Waals surface area contributed by atoms with Crippen LogP contribution in [0.25, 0.3) is 0 Å². The monoisotopic (exact) mass is 293 g/mol. The smallest absolute Gasteiger partial charge is 0.0931 e. The second kappa shape index (κ2) is 7.09. The van der Waals surface area contributed by atoms with Crippen molar-refractivity contribution in [2.24, 2.45) is 5.92 Å². The van der Waals surface area contributed by atoms with Crippen LogP contribution in [0.3, 0.4) is 0 Å². The highest BCUT2D eigenvalue weighted by Crippen LogP contribution is 2.21. The average Bonchev–Trinajstić information content (AvgIpc) is 2.77. The van der Waals surface area contributed by atoms with E-state index in [-0.39, 0.29) is 0 Å². The van der Waals surface area contributed by atoms with Gasteiger partial charge in [0.1, 0.15) is 0 Å². The van der Waals surface area contributed by atoms with Gasteiger partial charge in [-0.05, 0) is 35.6 Å². The Morgan fingerprint density at radius 1 is 1.00 bits per heavy atom. The minimum atomic E-state index is 0.715. The molecule has 1 N–H and O–H groups in total. The second-order valence-electron chi connectivity index (χ2n) is 5.22. The van der Waals surface area contributed by atoms with Crippen molar-refractivity contribution in [2.45, 2.75) is 33.4 Å². The Hall–Kier alpha value is -0.830. The average molecular weight is 294 g/mol. The van der Waals surface area contributed by atoms with E-state index in [2.05, 4.69) is 49.5 Å². The number of hydrogen-bond acceptors (Lipinski definition) is 2. The van der Waals surface area contributed by atoms with Crippen molar-refractivity contribution in [1.29, 1.82) is 0 Å². The van der Waals surface area contributed by atoms with Gasteiger partial charge < -0.3 is 5.32 Å². The van der Waals surface area contributed by atoms with Crippen LogP contribution in [0.2, 0.25) is 4.34 Å². The molecule has 0 atom stereocenters. The fourth-order valence-electron chi connectivity index (χ4n) is 2.04. The Labute approximate surface area is 124 Å². The Kier molecular flexibility index (Phi) is 5.44. The first kappa shape index (κ1) is 14.6. The molecule has 1 nitrogen and oxygen atoms in total. The molecule has 3 heteroatoms. The van der Waals surface area contributed by atoms with E-state index in [0.29, 0.717) is 5.92 Å². The fraction of sp³-hybridized carbons (Fsp3) is 0.375. The Morgan fingerprint density at radius 3 is 2.26 bits per heavy atom. The first-order valence-electron chi connectivity index (χ1n) is 6.66. The number of hydrogen-bond donors (Lipinski definition) is 1. The van der Waals surface area contributed by atoms with Crippen LogP contribution in [-0.2, 0) is 19.5 Å². The van der Waals surface area contributed by atoms with E-state index < -0.39 is 0 Å². The normalized spacial score (nSPS) is 11.2. The van der Waals surface area contributed by atoms with Gasteiger partial charge in [-0.15, -0.1) is 11.3 Å². The predicted molar refractivity (Wildman–Crippen MR) is 84.9 cm³/mol. The van der Waals surface area contributed by atoms with Crippen LogP contribution in [0.5, 0.6) is 0 Å². The van der Waals surface area contributed by atoms with Gasteiger partial charge in [0, 0.05) is 18.0 Å². The fourth-order valence-corrected chi connectivity index (χ4v) is 3.10.